The molecule has 4 nitrogen and oxygen atoms in total. The van der Waals surface area contributed by atoms with E-state index in [-0.39, 0.29) is 23.8 Å². The Labute approximate surface area is 117 Å². The van der Waals surface area contributed by atoms with E-state index < -0.39 is 0 Å². The lowest BCUT2D eigenvalue weighted by Gasteiger charge is -2.35. The summed E-state index contributed by atoms with van der Waals surface area (Å²) in [4.78, 5) is 24.4. The number of esters is 2. The second-order valence-electron chi connectivity index (χ2n) is 7.08. The van der Waals surface area contributed by atoms with Gasteiger partial charge >= 0.3 is 11.9 Å². The molecule has 4 heteroatoms. The average Bonchev–Trinajstić information content (AvgIpc) is 3.23. The van der Waals surface area contributed by atoms with Crippen LogP contribution in [0.2, 0.25) is 0 Å². The van der Waals surface area contributed by atoms with Crippen molar-refractivity contribution in [1.82, 2.24) is 0 Å². The van der Waals surface area contributed by atoms with Gasteiger partial charge in [-0.3, -0.25) is 0 Å². The van der Waals surface area contributed by atoms with Gasteiger partial charge in [0.05, 0.1) is 25.4 Å². The molecule has 20 heavy (non-hydrogen) atoms. The van der Waals surface area contributed by atoms with Gasteiger partial charge in [-0.05, 0) is 60.2 Å². The zero-order valence-corrected chi connectivity index (χ0v) is 11.7. The minimum atomic E-state index is -0.301. The zero-order valence-electron chi connectivity index (χ0n) is 11.7. The highest BCUT2D eigenvalue weighted by molar-refractivity contribution is 6.03. The predicted molar refractivity (Wildman–Crippen MR) is 68.2 cm³/mol. The first-order chi connectivity index (χ1) is 9.70. The molecular weight excluding hydrogens is 256 g/mol. The Hall–Kier alpha value is -1.32. The van der Waals surface area contributed by atoms with Crippen molar-refractivity contribution in [3.05, 3.63) is 11.1 Å². The van der Waals surface area contributed by atoms with Crippen molar-refractivity contribution in [3.63, 3.8) is 0 Å². The number of hydrogen-bond acceptors (Lipinski definition) is 4. The van der Waals surface area contributed by atoms with Crippen molar-refractivity contribution in [2.24, 2.45) is 47.3 Å². The smallest absolute Gasteiger partial charge is 0.334 e. The van der Waals surface area contributed by atoms with Gasteiger partial charge in [-0.25, -0.2) is 9.59 Å². The Bertz CT molecular complexity index is 529. The van der Waals surface area contributed by atoms with E-state index in [0.29, 0.717) is 28.9 Å². The van der Waals surface area contributed by atoms with E-state index in [1.807, 2.05) is 0 Å². The molecule has 8 atom stereocenters. The summed E-state index contributed by atoms with van der Waals surface area (Å²) < 4.78 is 9.92. The molecule has 0 spiro atoms. The lowest BCUT2D eigenvalue weighted by molar-refractivity contribution is -0.140. The molecule has 2 unspecified atom stereocenters. The summed E-state index contributed by atoms with van der Waals surface area (Å²) in [5.41, 5.74) is 1.34. The Morgan fingerprint density at radius 3 is 1.65 bits per heavy atom. The summed E-state index contributed by atoms with van der Waals surface area (Å²) in [6.45, 7) is 0. The number of hydrogen-bond donors (Lipinski definition) is 0. The first-order valence-corrected chi connectivity index (χ1v) is 7.61. The van der Waals surface area contributed by atoms with Crippen LogP contribution in [0.5, 0.6) is 0 Å². The monoisotopic (exact) mass is 274 g/mol. The topological polar surface area (TPSA) is 52.6 Å². The molecule has 8 bridgehead atoms. The van der Waals surface area contributed by atoms with Crippen LogP contribution in [0.4, 0.5) is 0 Å². The molecular formula is C16H18O4. The molecule has 5 saturated carbocycles. The van der Waals surface area contributed by atoms with E-state index in [1.54, 1.807) is 0 Å². The maximum Gasteiger partial charge on any atom is 0.334 e. The molecule has 0 N–H and O–H groups in total. The van der Waals surface area contributed by atoms with Crippen LogP contribution in [0.1, 0.15) is 12.8 Å². The Balaban J connectivity index is 1.68. The van der Waals surface area contributed by atoms with Crippen molar-refractivity contribution in [1.29, 1.82) is 0 Å². The van der Waals surface area contributed by atoms with Crippen molar-refractivity contribution in [2.45, 2.75) is 12.8 Å². The van der Waals surface area contributed by atoms with Crippen LogP contribution in [0.15, 0.2) is 11.1 Å². The maximum absolute atomic E-state index is 12.2. The fraction of sp³-hybridized carbons (Fsp3) is 0.750. The largest absolute Gasteiger partial charge is 0.466 e. The van der Waals surface area contributed by atoms with E-state index in [0.717, 1.165) is 17.8 Å². The molecule has 6 rings (SSSR count). The number of carbonyl (C=O) groups is 2. The molecule has 106 valence electrons. The quantitative estimate of drug-likeness (QED) is 0.714. The number of ether oxygens (including phenoxy) is 2. The summed E-state index contributed by atoms with van der Waals surface area (Å²) in [6.07, 6.45) is 2.66. The summed E-state index contributed by atoms with van der Waals surface area (Å²) in [6, 6.07) is 0. The summed E-state index contributed by atoms with van der Waals surface area (Å²) in [5.74, 6) is 4.20. The molecule has 0 radical (unpaired) electrons. The zero-order chi connectivity index (χ0) is 13.8. The minimum absolute atomic E-state index is 0.290. The molecule has 0 aromatic carbocycles. The second kappa shape index (κ2) is 3.29. The molecule has 0 saturated heterocycles. The lowest BCUT2D eigenvalue weighted by atomic mass is 9.69. The van der Waals surface area contributed by atoms with Crippen molar-refractivity contribution in [3.8, 4) is 0 Å². The van der Waals surface area contributed by atoms with Crippen LogP contribution < -0.4 is 0 Å². The van der Waals surface area contributed by atoms with Crippen molar-refractivity contribution in [2.75, 3.05) is 14.2 Å². The minimum Gasteiger partial charge on any atom is -0.466 e. The fourth-order valence-corrected chi connectivity index (χ4v) is 7.19. The maximum atomic E-state index is 12.2. The Morgan fingerprint density at radius 1 is 0.800 bits per heavy atom. The van der Waals surface area contributed by atoms with Gasteiger partial charge in [0.1, 0.15) is 0 Å². The van der Waals surface area contributed by atoms with E-state index >= 15 is 0 Å². The third kappa shape index (κ3) is 0.895. The molecule has 6 aliphatic rings. The molecule has 0 aromatic rings. The van der Waals surface area contributed by atoms with Crippen molar-refractivity contribution < 1.29 is 19.1 Å². The van der Waals surface area contributed by atoms with E-state index in [9.17, 15) is 9.59 Å². The Kier molecular flexibility index (Phi) is 1.87. The number of carbonyl (C=O) groups excluding carboxylic acids is 2. The molecule has 0 aliphatic heterocycles. The van der Waals surface area contributed by atoms with Crippen LogP contribution in [-0.2, 0) is 19.1 Å². The highest BCUT2D eigenvalue weighted by Gasteiger charge is 2.80. The van der Waals surface area contributed by atoms with Gasteiger partial charge < -0.3 is 9.47 Å². The normalized spacial score (nSPS) is 52.3. The standard InChI is InChI=1S/C16H18O4/c1-19-15(17)13-11-8-5-3-4-6-7(5)10(11)12(9(6)8)14(13)16(18)20-2/h5-12H,3-4H2,1-2H3/t5-,6-,7?,8+,9+,10?,11-,12+/m1/s1. The first kappa shape index (κ1) is 11.4. The van der Waals surface area contributed by atoms with Gasteiger partial charge in [0.15, 0.2) is 0 Å². The highest BCUT2D eigenvalue weighted by Crippen LogP contribution is 2.83. The number of rotatable bonds is 2. The fourth-order valence-electron chi connectivity index (χ4n) is 7.19. The second-order valence-corrected chi connectivity index (χ2v) is 7.08. The third-order valence-electron chi connectivity index (χ3n) is 7.13. The molecule has 6 aliphatic carbocycles. The SMILES string of the molecule is COC(=O)C1=C(C(=O)OC)[C@H]2C3C4[C@H]5CC[C@H]4[C@H]2[C@H]5[C@H]13. The first-order valence-electron chi connectivity index (χ1n) is 7.61. The van der Waals surface area contributed by atoms with E-state index in [1.165, 1.54) is 27.1 Å². The number of methoxy groups -OCH3 is 2. The van der Waals surface area contributed by atoms with Gasteiger partial charge in [0.25, 0.3) is 0 Å². The van der Waals surface area contributed by atoms with Crippen LogP contribution >= 0.6 is 0 Å². The molecule has 5 fully saturated rings. The van der Waals surface area contributed by atoms with Crippen LogP contribution in [-0.4, -0.2) is 26.2 Å². The van der Waals surface area contributed by atoms with Gasteiger partial charge in [-0.2, -0.15) is 0 Å². The summed E-state index contributed by atoms with van der Waals surface area (Å²) in [5, 5.41) is 0. The lowest BCUT2D eigenvalue weighted by Crippen LogP contribution is -2.34. The van der Waals surface area contributed by atoms with Gasteiger partial charge in [0, 0.05) is 0 Å². The summed E-state index contributed by atoms with van der Waals surface area (Å²) in [7, 11) is 2.82. The molecule has 0 amide bonds. The summed E-state index contributed by atoms with van der Waals surface area (Å²) >= 11 is 0. The molecule has 0 heterocycles. The van der Waals surface area contributed by atoms with Crippen LogP contribution in [0.25, 0.3) is 0 Å². The molecule has 0 aromatic heterocycles. The predicted octanol–water partition coefficient (Wildman–Crippen LogP) is 1.41. The van der Waals surface area contributed by atoms with Crippen molar-refractivity contribution >= 4 is 11.9 Å². The third-order valence-corrected chi connectivity index (χ3v) is 7.13. The van der Waals surface area contributed by atoms with E-state index in [2.05, 4.69) is 0 Å². The van der Waals surface area contributed by atoms with Crippen LogP contribution in [0.3, 0.4) is 0 Å². The van der Waals surface area contributed by atoms with Gasteiger partial charge in [-0.15, -0.1) is 0 Å². The average molecular weight is 274 g/mol. The van der Waals surface area contributed by atoms with Crippen LogP contribution in [0, 0.1) is 47.3 Å². The highest BCUT2D eigenvalue weighted by atomic mass is 16.5. The van der Waals surface area contributed by atoms with Gasteiger partial charge in [0.2, 0.25) is 0 Å². The van der Waals surface area contributed by atoms with Gasteiger partial charge in [-0.1, -0.05) is 0 Å². The Morgan fingerprint density at radius 2 is 1.25 bits per heavy atom. The van der Waals surface area contributed by atoms with E-state index in [4.69, 9.17) is 9.47 Å².